The topological polar surface area (TPSA) is 65.1 Å². The third kappa shape index (κ3) is 3.02. The summed E-state index contributed by atoms with van der Waals surface area (Å²) in [6.07, 6.45) is 0.700. The average Bonchev–Trinajstić information content (AvgIpc) is 2.85. The van der Waals surface area contributed by atoms with Crippen molar-refractivity contribution in [2.24, 2.45) is 5.92 Å². The highest BCUT2D eigenvalue weighted by atomic mass is 16.3. The summed E-state index contributed by atoms with van der Waals surface area (Å²) < 4.78 is 0. The lowest BCUT2D eigenvalue weighted by atomic mass is 10.1. The number of amides is 1. The number of hydrogen-bond donors (Lipinski definition) is 3. The molecule has 1 aromatic heterocycles. The van der Waals surface area contributed by atoms with Crippen LogP contribution in [0.3, 0.4) is 0 Å². The Morgan fingerprint density at radius 1 is 1.40 bits per heavy atom. The van der Waals surface area contributed by atoms with Crippen molar-refractivity contribution in [3.8, 4) is 0 Å². The second-order valence-electron chi connectivity index (χ2n) is 5.48. The van der Waals surface area contributed by atoms with Gasteiger partial charge in [0.1, 0.15) is 5.69 Å². The van der Waals surface area contributed by atoms with Gasteiger partial charge in [-0.1, -0.05) is 13.0 Å². The first-order chi connectivity index (χ1) is 9.52. The molecule has 0 aliphatic carbocycles. The van der Waals surface area contributed by atoms with E-state index in [0.29, 0.717) is 18.7 Å². The Kier molecular flexibility index (Phi) is 4.45. The van der Waals surface area contributed by atoms with Crippen LogP contribution < -0.4 is 5.32 Å². The van der Waals surface area contributed by atoms with E-state index in [4.69, 9.17) is 5.11 Å². The van der Waals surface area contributed by atoms with E-state index in [0.717, 1.165) is 10.9 Å². The van der Waals surface area contributed by atoms with Crippen LogP contribution in [0.25, 0.3) is 10.9 Å². The molecule has 1 amide bonds. The fourth-order valence-corrected chi connectivity index (χ4v) is 2.26. The number of aromatic amines is 1. The molecule has 0 aliphatic rings. The van der Waals surface area contributed by atoms with Crippen LogP contribution in [0.4, 0.5) is 0 Å². The lowest BCUT2D eigenvalue weighted by Crippen LogP contribution is -2.28. The number of carbonyl (C=O) groups is 1. The Morgan fingerprint density at radius 2 is 2.15 bits per heavy atom. The van der Waals surface area contributed by atoms with Crippen molar-refractivity contribution >= 4 is 16.8 Å². The molecular weight excluding hydrogens is 252 g/mol. The quantitative estimate of drug-likeness (QED) is 0.784. The van der Waals surface area contributed by atoms with Gasteiger partial charge in [-0.15, -0.1) is 0 Å². The van der Waals surface area contributed by atoms with Crippen molar-refractivity contribution < 1.29 is 9.90 Å². The van der Waals surface area contributed by atoms with E-state index < -0.39 is 0 Å². The van der Waals surface area contributed by atoms with Crippen molar-refractivity contribution in [2.75, 3.05) is 13.2 Å². The molecule has 0 fully saturated rings. The van der Waals surface area contributed by atoms with Crippen LogP contribution in [0.1, 0.15) is 35.0 Å². The van der Waals surface area contributed by atoms with Gasteiger partial charge in [0.15, 0.2) is 0 Å². The highest BCUT2D eigenvalue weighted by Crippen LogP contribution is 2.22. The number of aromatic nitrogens is 1. The van der Waals surface area contributed by atoms with Crippen LogP contribution in [0.5, 0.6) is 0 Å². The van der Waals surface area contributed by atoms with E-state index in [-0.39, 0.29) is 18.4 Å². The van der Waals surface area contributed by atoms with Gasteiger partial charge in [0.05, 0.1) is 0 Å². The molecule has 20 heavy (non-hydrogen) atoms. The lowest BCUT2D eigenvalue weighted by Gasteiger charge is -2.10. The van der Waals surface area contributed by atoms with Crippen molar-refractivity contribution in [1.29, 1.82) is 0 Å². The molecule has 1 aromatic carbocycles. The average molecular weight is 274 g/mol. The maximum absolute atomic E-state index is 12.1. The molecule has 2 aromatic rings. The standard InChI is InChI=1S/C16H22N2O2/c1-10(6-7-19)9-17-16(20)15-8-13-12(3)11(2)4-5-14(13)18-15/h4-5,8,10,18-19H,6-7,9H2,1-3H3,(H,17,20). The summed E-state index contributed by atoms with van der Waals surface area (Å²) in [4.78, 5) is 15.3. The van der Waals surface area contributed by atoms with Crippen LogP contribution in [0, 0.1) is 19.8 Å². The molecule has 1 heterocycles. The van der Waals surface area contributed by atoms with Gasteiger partial charge in [-0.2, -0.15) is 0 Å². The minimum absolute atomic E-state index is 0.0944. The largest absolute Gasteiger partial charge is 0.396 e. The molecule has 0 saturated heterocycles. The smallest absolute Gasteiger partial charge is 0.267 e. The van der Waals surface area contributed by atoms with Crippen LogP contribution in [-0.2, 0) is 0 Å². The van der Waals surface area contributed by atoms with Gasteiger partial charge < -0.3 is 15.4 Å². The van der Waals surface area contributed by atoms with Crippen LogP contribution >= 0.6 is 0 Å². The highest BCUT2D eigenvalue weighted by Gasteiger charge is 2.12. The first kappa shape index (κ1) is 14.6. The van der Waals surface area contributed by atoms with Gasteiger partial charge >= 0.3 is 0 Å². The SMILES string of the molecule is Cc1ccc2[nH]c(C(=O)NCC(C)CCO)cc2c1C. The summed E-state index contributed by atoms with van der Waals surface area (Å²) in [5, 5.41) is 12.8. The Hall–Kier alpha value is -1.81. The van der Waals surface area contributed by atoms with E-state index >= 15 is 0 Å². The fraction of sp³-hybridized carbons (Fsp3) is 0.438. The number of nitrogens with one attached hydrogen (secondary N) is 2. The number of aliphatic hydroxyl groups excluding tert-OH is 1. The van der Waals surface area contributed by atoms with E-state index in [9.17, 15) is 4.79 Å². The van der Waals surface area contributed by atoms with Crippen molar-refractivity contribution in [3.63, 3.8) is 0 Å². The van der Waals surface area contributed by atoms with Crippen molar-refractivity contribution in [2.45, 2.75) is 27.2 Å². The number of rotatable bonds is 5. The first-order valence-corrected chi connectivity index (χ1v) is 7.01. The highest BCUT2D eigenvalue weighted by molar-refractivity contribution is 5.99. The number of H-pyrrole nitrogens is 1. The van der Waals surface area contributed by atoms with Gasteiger partial charge in [-0.25, -0.2) is 0 Å². The third-order valence-corrected chi connectivity index (χ3v) is 3.82. The zero-order valence-electron chi connectivity index (χ0n) is 12.3. The van der Waals surface area contributed by atoms with Gasteiger partial charge in [-0.3, -0.25) is 4.79 Å². The molecule has 0 radical (unpaired) electrons. The zero-order valence-corrected chi connectivity index (χ0v) is 12.3. The maximum atomic E-state index is 12.1. The molecule has 3 N–H and O–H groups in total. The summed E-state index contributed by atoms with van der Waals surface area (Å²) >= 11 is 0. The van der Waals surface area contributed by atoms with E-state index in [1.165, 1.54) is 11.1 Å². The molecule has 2 rings (SSSR count). The molecule has 0 saturated carbocycles. The van der Waals surface area contributed by atoms with Gasteiger partial charge in [0.2, 0.25) is 0 Å². The van der Waals surface area contributed by atoms with E-state index in [2.05, 4.69) is 30.2 Å². The number of carbonyl (C=O) groups excluding carboxylic acids is 1. The van der Waals surface area contributed by atoms with Crippen molar-refractivity contribution in [1.82, 2.24) is 10.3 Å². The van der Waals surface area contributed by atoms with E-state index in [1.807, 2.05) is 19.1 Å². The van der Waals surface area contributed by atoms with E-state index in [1.54, 1.807) is 0 Å². The molecule has 1 atom stereocenters. The predicted molar refractivity (Wildman–Crippen MR) is 81.0 cm³/mol. The third-order valence-electron chi connectivity index (χ3n) is 3.82. The fourth-order valence-electron chi connectivity index (χ4n) is 2.26. The molecule has 108 valence electrons. The summed E-state index contributed by atoms with van der Waals surface area (Å²) in [5.41, 5.74) is 4.00. The number of benzene rings is 1. The number of fused-ring (bicyclic) bond motifs is 1. The van der Waals surface area contributed by atoms with Crippen molar-refractivity contribution in [3.05, 3.63) is 35.0 Å². The van der Waals surface area contributed by atoms with Crippen LogP contribution in [0.15, 0.2) is 18.2 Å². The minimum Gasteiger partial charge on any atom is -0.396 e. The number of aliphatic hydroxyl groups is 1. The molecule has 0 bridgehead atoms. The first-order valence-electron chi connectivity index (χ1n) is 7.01. The summed E-state index contributed by atoms with van der Waals surface area (Å²) in [5.74, 6) is 0.181. The zero-order chi connectivity index (χ0) is 14.7. The normalized spacial score (nSPS) is 12.6. The molecule has 4 heteroatoms. The predicted octanol–water partition coefficient (Wildman–Crippen LogP) is 2.53. The van der Waals surface area contributed by atoms with Gasteiger partial charge in [-0.05, 0) is 49.4 Å². The van der Waals surface area contributed by atoms with Crippen LogP contribution in [0.2, 0.25) is 0 Å². The number of aryl methyl sites for hydroxylation is 2. The van der Waals surface area contributed by atoms with Gasteiger partial charge in [0, 0.05) is 24.1 Å². The second-order valence-corrected chi connectivity index (χ2v) is 5.48. The lowest BCUT2D eigenvalue weighted by molar-refractivity contribution is 0.0941. The Bertz CT molecular complexity index is 616. The Morgan fingerprint density at radius 3 is 2.85 bits per heavy atom. The second kappa shape index (κ2) is 6.09. The molecule has 0 aliphatic heterocycles. The Labute approximate surface area is 119 Å². The summed E-state index contributed by atoms with van der Waals surface area (Å²) in [6, 6.07) is 5.96. The Balaban J connectivity index is 2.13. The maximum Gasteiger partial charge on any atom is 0.267 e. The monoisotopic (exact) mass is 274 g/mol. The summed E-state index contributed by atoms with van der Waals surface area (Å²) in [6.45, 7) is 6.87. The molecule has 1 unspecified atom stereocenters. The number of hydrogen-bond acceptors (Lipinski definition) is 2. The molecule has 0 spiro atoms. The molecular formula is C16H22N2O2. The van der Waals surface area contributed by atoms with Crippen LogP contribution in [-0.4, -0.2) is 29.1 Å². The molecule has 4 nitrogen and oxygen atoms in total. The van der Waals surface area contributed by atoms with Gasteiger partial charge in [0.25, 0.3) is 5.91 Å². The summed E-state index contributed by atoms with van der Waals surface area (Å²) in [7, 11) is 0. The minimum atomic E-state index is -0.0944.